The van der Waals surface area contributed by atoms with Gasteiger partial charge in [0, 0.05) is 47.9 Å². The molecule has 0 bridgehead atoms. The SMILES string of the molecule is Cc1cccc(C)c1NC(=O)C(c1c(C)n(C)c2ccccc12)N1CCC1=O. The first-order valence-corrected chi connectivity index (χ1v) is 9.60. The Morgan fingerprint density at radius 3 is 2.32 bits per heavy atom. The summed E-state index contributed by atoms with van der Waals surface area (Å²) in [6, 6.07) is 13.4. The molecule has 1 aliphatic heterocycles. The highest BCUT2D eigenvalue weighted by Gasteiger charge is 2.39. The molecule has 1 atom stereocenters. The van der Waals surface area contributed by atoms with E-state index in [1.54, 1.807) is 4.90 Å². The summed E-state index contributed by atoms with van der Waals surface area (Å²) in [5, 5.41) is 4.12. The number of nitrogens with zero attached hydrogens (tertiary/aromatic N) is 2. The number of carbonyl (C=O) groups excluding carboxylic acids is 2. The molecule has 1 N–H and O–H groups in total. The van der Waals surface area contributed by atoms with Crippen LogP contribution in [-0.4, -0.2) is 27.8 Å². The van der Waals surface area contributed by atoms with Gasteiger partial charge >= 0.3 is 0 Å². The maximum absolute atomic E-state index is 13.5. The van der Waals surface area contributed by atoms with Gasteiger partial charge in [0.05, 0.1) is 0 Å². The van der Waals surface area contributed by atoms with Gasteiger partial charge in [0.1, 0.15) is 6.04 Å². The van der Waals surface area contributed by atoms with Crippen LogP contribution in [0.2, 0.25) is 0 Å². The minimum Gasteiger partial charge on any atom is -0.348 e. The van der Waals surface area contributed by atoms with Gasteiger partial charge in [0.25, 0.3) is 5.91 Å². The Morgan fingerprint density at radius 1 is 1.04 bits per heavy atom. The Labute approximate surface area is 165 Å². The third-order valence-electron chi connectivity index (χ3n) is 5.90. The van der Waals surface area contributed by atoms with Crippen LogP contribution in [0, 0.1) is 20.8 Å². The lowest BCUT2D eigenvalue weighted by atomic mass is 9.97. The Morgan fingerprint density at radius 2 is 1.71 bits per heavy atom. The quantitative estimate of drug-likeness (QED) is 0.701. The van der Waals surface area contributed by atoms with Crippen molar-refractivity contribution in [3.63, 3.8) is 0 Å². The number of hydrogen-bond acceptors (Lipinski definition) is 2. The number of benzene rings is 2. The first-order chi connectivity index (χ1) is 13.4. The number of carbonyl (C=O) groups is 2. The average Bonchev–Trinajstić information content (AvgIpc) is 2.92. The fourth-order valence-electron chi connectivity index (χ4n) is 4.13. The summed E-state index contributed by atoms with van der Waals surface area (Å²) < 4.78 is 2.09. The fraction of sp³-hybridized carbons (Fsp3) is 0.304. The van der Waals surface area contributed by atoms with E-state index in [0.717, 1.165) is 39.0 Å². The molecular formula is C23H25N3O2. The van der Waals surface area contributed by atoms with Crippen molar-refractivity contribution >= 4 is 28.4 Å². The van der Waals surface area contributed by atoms with Crippen LogP contribution in [-0.2, 0) is 16.6 Å². The van der Waals surface area contributed by atoms with Gasteiger partial charge in [-0.05, 0) is 38.0 Å². The van der Waals surface area contributed by atoms with Gasteiger partial charge in [0.15, 0.2) is 0 Å². The zero-order valence-electron chi connectivity index (χ0n) is 16.7. The van der Waals surface area contributed by atoms with Gasteiger partial charge in [0.2, 0.25) is 5.91 Å². The average molecular weight is 375 g/mol. The number of anilines is 1. The number of amides is 2. The second-order valence-corrected chi connectivity index (χ2v) is 7.57. The number of para-hydroxylation sites is 2. The van der Waals surface area contributed by atoms with E-state index in [9.17, 15) is 9.59 Å². The van der Waals surface area contributed by atoms with E-state index in [1.165, 1.54) is 0 Å². The molecule has 2 amide bonds. The first-order valence-electron chi connectivity index (χ1n) is 9.60. The van der Waals surface area contributed by atoms with E-state index in [0.29, 0.717) is 13.0 Å². The molecule has 144 valence electrons. The standard InChI is InChI=1S/C23H25N3O2/c1-14-8-7-9-15(2)21(14)24-23(28)22(26-13-12-19(26)27)20-16(3)25(4)18-11-6-5-10-17(18)20/h5-11,22H,12-13H2,1-4H3,(H,24,28). The van der Waals surface area contributed by atoms with Crippen molar-refractivity contribution in [1.29, 1.82) is 0 Å². The van der Waals surface area contributed by atoms with E-state index in [4.69, 9.17) is 0 Å². The lowest BCUT2D eigenvalue weighted by molar-refractivity contribution is -0.147. The molecule has 4 rings (SSSR count). The molecule has 5 heteroatoms. The monoisotopic (exact) mass is 375 g/mol. The largest absolute Gasteiger partial charge is 0.348 e. The van der Waals surface area contributed by atoms with E-state index >= 15 is 0 Å². The molecule has 0 spiro atoms. The number of nitrogens with one attached hydrogen (secondary N) is 1. The fourth-order valence-corrected chi connectivity index (χ4v) is 4.13. The molecule has 1 unspecified atom stereocenters. The normalized spacial score (nSPS) is 14.9. The van der Waals surface area contributed by atoms with Crippen LogP contribution in [0.25, 0.3) is 10.9 Å². The van der Waals surface area contributed by atoms with Crippen molar-refractivity contribution in [2.24, 2.45) is 7.05 Å². The van der Waals surface area contributed by atoms with Crippen molar-refractivity contribution in [2.45, 2.75) is 33.2 Å². The van der Waals surface area contributed by atoms with Gasteiger partial charge in [-0.2, -0.15) is 0 Å². The smallest absolute Gasteiger partial charge is 0.251 e. The van der Waals surface area contributed by atoms with Gasteiger partial charge < -0.3 is 14.8 Å². The molecule has 2 aromatic carbocycles. The van der Waals surface area contributed by atoms with Crippen LogP contribution in [0.4, 0.5) is 5.69 Å². The number of likely N-dealkylation sites (tertiary alicyclic amines) is 1. The van der Waals surface area contributed by atoms with Crippen molar-refractivity contribution in [3.8, 4) is 0 Å². The van der Waals surface area contributed by atoms with E-state index in [-0.39, 0.29) is 11.8 Å². The summed E-state index contributed by atoms with van der Waals surface area (Å²) in [5.41, 5.74) is 5.82. The van der Waals surface area contributed by atoms with Gasteiger partial charge in [-0.1, -0.05) is 36.4 Å². The molecule has 5 nitrogen and oxygen atoms in total. The van der Waals surface area contributed by atoms with Crippen LogP contribution in [0.3, 0.4) is 0 Å². The van der Waals surface area contributed by atoms with E-state index in [2.05, 4.69) is 9.88 Å². The second kappa shape index (κ2) is 6.82. The number of β-lactam (4-membered cyclic amide) rings is 1. The van der Waals surface area contributed by atoms with Crippen molar-refractivity contribution < 1.29 is 9.59 Å². The molecule has 1 aromatic heterocycles. The zero-order chi connectivity index (χ0) is 20.0. The molecule has 0 saturated carbocycles. The zero-order valence-corrected chi connectivity index (χ0v) is 16.7. The number of hydrogen-bond donors (Lipinski definition) is 1. The van der Waals surface area contributed by atoms with Crippen molar-refractivity contribution in [2.75, 3.05) is 11.9 Å². The van der Waals surface area contributed by atoms with E-state index in [1.807, 2.05) is 70.3 Å². The molecule has 3 aromatic rings. The van der Waals surface area contributed by atoms with Crippen LogP contribution < -0.4 is 5.32 Å². The maximum atomic E-state index is 13.5. The third-order valence-corrected chi connectivity index (χ3v) is 5.90. The predicted molar refractivity (Wildman–Crippen MR) is 111 cm³/mol. The Kier molecular flexibility index (Phi) is 4.46. The highest BCUT2D eigenvalue weighted by Crippen LogP contribution is 2.37. The molecule has 1 aliphatic rings. The summed E-state index contributed by atoms with van der Waals surface area (Å²) in [4.78, 5) is 27.5. The predicted octanol–water partition coefficient (Wildman–Crippen LogP) is 4.02. The lowest BCUT2D eigenvalue weighted by Crippen LogP contribution is -2.49. The molecule has 1 saturated heterocycles. The second-order valence-electron chi connectivity index (χ2n) is 7.57. The topological polar surface area (TPSA) is 54.3 Å². The summed E-state index contributed by atoms with van der Waals surface area (Å²) in [7, 11) is 2.00. The Balaban J connectivity index is 1.83. The third kappa shape index (κ3) is 2.78. The van der Waals surface area contributed by atoms with Gasteiger partial charge in [-0.25, -0.2) is 0 Å². The minimum absolute atomic E-state index is 0.0222. The molecular weight excluding hydrogens is 350 g/mol. The highest BCUT2D eigenvalue weighted by molar-refractivity contribution is 6.03. The Bertz CT molecular complexity index is 1080. The number of aryl methyl sites for hydroxylation is 3. The summed E-state index contributed by atoms with van der Waals surface area (Å²) in [6.45, 7) is 6.58. The molecule has 0 radical (unpaired) electrons. The van der Waals surface area contributed by atoms with Crippen LogP contribution in [0.15, 0.2) is 42.5 Å². The first kappa shape index (κ1) is 18.3. The molecule has 0 aliphatic carbocycles. The van der Waals surface area contributed by atoms with Gasteiger partial charge in [-0.3, -0.25) is 9.59 Å². The number of fused-ring (bicyclic) bond motifs is 1. The number of aromatic nitrogens is 1. The minimum atomic E-state index is -0.633. The van der Waals surface area contributed by atoms with Crippen LogP contribution in [0.5, 0.6) is 0 Å². The van der Waals surface area contributed by atoms with E-state index < -0.39 is 6.04 Å². The summed E-state index contributed by atoms with van der Waals surface area (Å²) >= 11 is 0. The molecule has 28 heavy (non-hydrogen) atoms. The summed E-state index contributed by atoms with van der Waals surface area (Å²) in [6.07, 6.45) is 0.497. The van der Waals surface area contributed by atoms with Crippen molar-refractivity contribution in [3.05, 3.63) is 64.8 Å². The lowest BCUT2D eigenvalue weighted by Gasteiger charge is -2.37. The highest BCUT2D eigenvalue weighted by atomic mass is 16.2. The van der Waals surface area contributed by atoms with Crippen molar-refractivity contribution in [1.82, 2.24) is 9.47 Å². The van der Waals surface area contributed by atoms with Crippen LogP contribution >= 0.6 is 0 Å². The molecule has 1 fully saturated rings. The number of rotatable bonds is 4. The molecule has 2 heterocycles. The van der Waals surface area contributed by atoms with Crippen LogP contribution in [0.1, 0.15) is 34.8 Å². The van der Waals surface area contributed by atoms with Gasteiger partial charge in [-0.15, -0.1) is 0 Å². The Hall–Kier alpha value is -3.08. The maximum Gasteiger partial charge on any atom is 0.251 e. The summed E-state index contributed by atoms with van der Waals surface area (Å²) in [5.74, 6) is -0.140.